The maximum Gasteiger partial charge on any atom is 0.229 e. The third kappa shape index (κ3) is 5.30. The lowest BCUT2D eigenvalue weighted by Gasteiger charge is -2.21. The van der Waals surface area contributed by atoms with Crippen molar-refractivity contribution in [1.29, 1.82) is 0 Å². The summed E-state index contributed by atoms with van der Waals surface area (Å²) in [7, 11) is 5.75. The van der Waals surface area contributed by atoms with Crippen LogP contribution >= 0.6 is 11.3 Å². The second-order valence-electron chi connectivity index (χ2n) is 7.02. The van der Waals surface area contributed by atoms with Crippen LogP contribution in [0.1, 0.15) is 18.4 Å². The van der Waals surface area contributed by atoms with Crippen LogP contribution in [0.25, 0.3) is 10.2 Å². The summed E-state index contributed by atoms with van der Waals surface area (Å²) in [4.78, 5) is 21.7. The Bertz CT molecular complexity index is 909. The first-order valence-corrected chi connectivity index (χ1v) is 10.3. The minimum Gasteiger partial charge on any atom is -0.497 e. The second kappa shape index (κ2) is 9.66. The predicted octanol–water partition coefficient (Wildman–Crippen LogP) is 4.22. The van der Waals surface area contributed by atoms with Crippen molar-refractivity contribution in [2.75, 3.05) is 39.2 Å². The molecule has 0 spiro atoms. The lowest BCUT2D eigenvalue weighted by molar-refractivity contribution is -0.118. The van der Waals surface area contributed by atoms with Crippen molar-refractivity contribution in [3.8, 4) is 5.75 Å². The van der Waals surface area contributed by atoms with Gasteiger partial charge in [0.05, 0.1) is 17.3 Å². The van der Waals surface area contributed by atoms with Crippen LogP contribution in [0.4, 0.5) is 5.13 Å². The molecule has 0 aliphatic rings. The molecule has 1 aromatic heterocycles. The van der Waals surface area contributed by atoms with Crippen molar-refractivity contribution in [3.05, 3.63) is 54.1 Å². The summed E-state index contributed by atoms with van der Waals surface area (Å²) < 4.78 is 6.34. The van der Waals surface area contributed by atoms with Crippen molar-refractivity contribution in [3.63, 3.8) is 0 Å². The van der Waals surface area contributed by atoms with E-state index in [1.807, 2.05) is 55.4 Å². The number of rotatable bonds is 9. The third-order valence-electron chi connectivity index (χ3n) is 4.57. The number of anilines is 1. The van der Waals surface area contributed by atoms with Gasteiger partial charge < -0.3 is 9.64 Å². The first-order valence-electron chi connectivity index (χ1n) is 9.50. The van der Waals surface area contributed by atoms with E-state index in [9.17, 15) is 4.79 Å². The molecule has 0 aliphatic carbocycles. The molecule has 6 heteroatoms. The number of carbonyl (C=O) groups excluding carboxylic acids is 1. The van der Waals surface area contributed by atoms with E-state index in [1.54, 1.807) is 18.4 Å². The molecule has 5 nitrogen and oxygen atoms in total. The van der Waals surface area contributed by atoms with Crippen LogP contribution in [0.3, 0.4) is 0 Å². The number of aryl methyl sites for hydroxylation is 1. The van der Waals surface area contributed by atoms with Gasteiger partial charge in [0.15, 0.2) is 5.13 Å². The summed E-state index contributed by atoms with van der Waals surface area (Å²) in [5, 5.41) is 0.764. The summed E-state index contributed by atoms with van der Waals surface area (Å²) >= 11 is 1.54. The number of benzene rings is 2. The number of thiazole rings is 1. The minimum absolute atomic E-state index is 0.119. The van der Waals surface area contributed by atoms with Gasteiger partial charge in [0.2, 0.25) is 5.91 Å². The van der Waals surface area contributed by atoms with Gasteiger partial charge in [-0.15, -0.1) is 0 Å². The van der Waals surface area contributed by atoms with Crippen LogP contribution in [0.15, 0.2) is 48.5 Å². The normalized spacial score (nSPS) is 11.1. The van der Waals surface area contributed by atoms with E-state index in [4.69, 9.17) is 9.72 Å². The quantitative estimate of drug-likeness (QED) is 0.542. The molecule has 1 heterocycles. The van der Waals surface area contributed by atoms with E-state index in [0.717, 1.165) is 40.5 Å². The van der Waals surface area contributed by atoms with Crippen LogP contribution in [0.2, 0.25) is 0 Å². The molecule has 0 saturated carbocycles. The largest absolute Gasteiger partial charge is 0.497 e. The van der Waals surface area contributed by atoms with Gasteiger partial charge in [0.1, 0.15) is 5.75 Å². The molecule has 0 fully saturated rings. The zero-order chi connectivity index (χ0) is 19.9. The number of methoxy groups -OCH3 is 1. The van der Waals surface area contributed by atoms with Gasteiger partial charge in [0.25, 0.3) is 0 Å². The monoisotopic (exact) mass is 397 g/mol. The maximum absolute atomic E-state index is 13.0. The van der Waals surface area contributed by atoms with Gasteiger partial charge in [-0.2, -0.15) is 0 Å². The highest BCUT2D eigenvalue weighted by Crippen LogP contribution is 2.32. The van der Waals surface area contributed by atoms with Crippen LogP contribution in [0, 0.1) is 0 Å². The second-order valence-corrected chi connectivity index (χ2v) is 8.03. The zero-order valence-electron chi connectivity index (χ0n) is 16.7. The lowest BCUT2D eigenvalue weighted by Crippen LogP contribution is -2.33. The first-order chi connectivity index (χ1) is 13.6. The summed E-state index contributed by atoms with van der Waals surface area (Å²) in [5.74, 6) is 0.922. The number of fused-ring (bicyclic) bond motifs is 1. The first kappa shape index (κ1) is 20.3. The highest BCUT2D eigenvalue weighted by Gasteiger charge is 2.19. The van der Waals surface area contributed by atoms with E-state index in [2.05, 4.69) is 17.0 Å². The van der Waals surface area contributed by atoms with Crippen LogP contribution in [-0.4, -0.2) is 50.1 Å². The number of amides is 1. The molecule has 3 rings (SSSR count). The summed E-state index contributed by atoms with van der Waals surface area (Å²) in [5.41, 5.74) is 2.08. The molecule has 0 N–H and O–H groups in total. The van der Waals surface area contributed by atoms with Crippen LogP contribution in [0.5, 0.6) is 5.75 Å². The van der Waals surface area contributed by atoms with Crippen molar-refractivity contribution in [2.24, 2.45) is 0 Å². The molecule has 0 saturated heterocycles. The molecular weight excluding hydrogens is 370 g/mol. The lowest BCUT2D eigenvalue weighted by atomic mass is 10.1. The number of hydrogen-bond donors (Lipinski definition) is 0. The number of nitrogens with zero attached hydrogens (tertiary/aromatic N) is 3. The fourth-order valence-corrected chi connectivity index (χ4v) is 4.08. The van der Waals surface area contributed by atoms with E-state index >= 15 is 0 Å². The molecule has 148 valence electrons. The topological polar surface area (TPSA) is 45.7 Å². The zero-order valence-corrected chi connectivity index (χ0v) is 17.5. The number of aromatic nitrogens is 1. The fourth-order valence-electron chi connectivity index (χ4n) is 3.04. The van der Waals surface area contributed by atoms with Gasteiger partial charge in [-0.1, -0.05) is 41.7 Å². The average molecular weight is 398 g/mol. The third-order valence-corrected chi connectivity index (χ3v) is 5.61. The Morgan fingerprint density at radius 2 is 1.89 bits per heavy atom. The van der Waals surface area contributed by atoms with Crippen LogP contribution < -0.4 is 9.64 Å². The summed E-state index contributed by atoms with van der Waals surface area (Å²) in [6, 6.07) is 16.0. The van der Waals surface area contributed by atoms with E-state index < -0.39 is 0 Å². The Morgan fingerprint density at radius 3 is 2.61 bits per heavy atom. The molecule has 0 bridgehead atoms. The molecule has 28 heavy (non-hydrogen) atoms. The standard InChI is InChI=1S/C22H27N3O2S/c1-24(2)14-7-15-25(21(26)13-10-17-8-5-4-6-9-17)22-23-19-12-11-18(27-3)16-20(19)28-22/h4-6,8-9,11-12,16H,7,10,13-15H2,1-3H3. The molecule has 0 atom stereocenters. The van der Waals surface area contributed by atoms with Crippen molar-refractivity contribution in [1.82, 2.24) is 9.88 Å². The Balaban J connectivity index is 1.78. The molecule has 0 aliphatic heterocycles. The molecule has 0 radical (unpaired) electrons. The van der Waals surface area contributed by atoms with Crippen molar-refractivity contribution in [2.45, 2.75) is 19.3 Å². The SMILES string of the molecule is COc1ccc2nc(N(CCCN(C)C)C(=O)CCc3ccccc3)sc2c1. The van der Waals surface area contributed by atoms with Crippen LogP contribution in [-0.2, 0) is 11.2 Å². The molecule has 0 unspecified atom stereocenters. The van der Waals surface area contributed by atoms with Crippen molar-refractivity contribution >= 4 is 32.6 Å². The minimum atomic E-state index is 0.119. The Labute approximate surface area is 170 Å². The molecule has 2 aromatic carbocycles. The highest BCUT2D eigenvalue weighted by atomic mass is 32.1. The Morgan fingerprint density at radius 1 is 1.11 bits per heavy atom. The Kier molecular flexibility index (Phi) is 7.01. The van der Waals surface area contributed by atoms with E-state index in [1.165, 1.54) is 5.56 Å². The molecular formula is C22H27N3O2S. The van der Waals surface area contributed by atoms with E-state index in [-0.39, 0.29) is 5.91 Å². The van der Waals surface area contributed by atoms with Gasteiger partial charge in [-0.3, -0.25) is 9.69 Å². The number of ether oxygens (including phenoxy) is 1. The average Bonchev–Trinajstić information content (AvgIpc) is 3.12. The smallest absolute Gasteiger partial charge is 0.229 e. The van der Waals surface area contributed by atoms with Gasteiger partial charge in [0, 0.05) is 13.0 Å². The number of hydrogen-bond acceptors (Lipinski definition) is 5. The predicted molar refractivity (Wildman–Crippen MR) is 116 cm³/mol. The van der Waals surface area contributed by atoms with Gasteiger partial charge in [-0.25, -0.2) is 4.98 Å². The molecule has 1 amide bonds. The highest BCUT2D eigenvalue weighted by molar-refractivity contribution is 7.22. The number of carbonyl (C=O) groups is 1. The Hall–Kier alpha value is -2.44. The summed E-state index contributed by atoms with van der Waals surface area (Å²) in [6.07, 6.45) is 2.12. The fraction of sp³-hybridized carbons (Fsp3) is 0.364. The van der Waals surface area contributed by atoms with Crippen molar-refractivity contribution < 1.29 is 9.53 Å². The van der Waals surface area contributed by atoms with Gasteiger partial charge >= 0.3 is 0 Å². The van der Waals surface area contributed by atoms with E-state index in [0.29, 0.717) is 13.0 Å². The van der Waals surface area contributed by atoms with Gasteiger partial charge in [-0.05, 0) is 57.2 Å². The molecule has 3 aromatic rings. The maximum atomic E-state index is 13.0. The summed E-state index contributed by atoms with van der Waals surface area (Å²) in [6.45, 7) is 1.60.